The van der Waals surface area contributed by atoms with Gasteiger partial charge in [0.1, 0.15) is 6.04 Å². The first kappa shape index (κ1) is 17.1. The summed E-state index contributed by atoms with van der Waals surface area (Å²) in [5.74, 6) is 0.0621. The molecule has 2 N–H and O–H groups in total. The molecule has 2 aliphatic rings. The van der Waals surface area contributed by atoms with Crippen LogP contribution in [0.5, 0.6) is 0 Å². The van der Waals surface area contributed by atoms with Crippen LogP contribution in [0.15, 0.2) is 18.2 Å². The van der Waals surface area contributed by atoms with E-state index in [4.69, 9.17) is 5.26 Å². The van der Waals surface area contributed by atoms with Crippen LogP contribution in [0.4, 0.5) is 0 Å². The quantitative estimate of drug-likeness (QED) is 0.890. The van der Waals surface area contributed by atoms with E-state index >= 15 is 0 Å². The maximum Gasteiger partial charge on any atom is 0.237 e. The van der Waals surface area contributed by atoms with Crippen LogP contribution < -0.4 is 5.32 Å². The molecule has 26 heavy (non-hydrogen) atoms. The number of aromatic amines is 1. The first-order valence-corrected chi connectivity index (χ1v) is 9.75. The van der Waals surface area contributed by atoms with Crippen LogP contribution in [0, 0.1) is 11.3 Å². The second kappa shape index (κ2) is 7.13. The van der Waals surface area contributed by atoms with Gasteiger partial charge in [0.15, 0.2) is 0 Å². The Morgan fingerprint density at radius 2 is 2.31 bits per heavy atom. The summed E-state index contributed by atoms with van der Waals surface area (Å²) in [6.07, 6.45) is 5.79. The molecule has 0 radical (unpaired) electrons. The van der Waals surface area contributed by atoms with Crippen molar-refractivity contribution < 1.29 is 4.79 Å². The Bertz CT molecular complexity index is 863. The van der Waals surface area contributed by atoms with Gasteiger partial charge in [-0.05, 0) is 49.7 Å². The molecule has 1 unspecified atom stereocenters. The van der Waals surface area contributed by atoms with Crippen molar-refractivity contribution in [1.29, 1.82) is 5.26 Å². The average Bonchev–Trinajstić information content (AvgIpc) is 3.29. The van der Waals surface area contributed by atoms with Crippen molar-refractivity contribution in [1.82, 2.24) is 15.2 Å². The van der Waals surface area contributed by atoms with Gasteiger partial charge in [0.2, 0.25) is 5.91 Å². The SMILES string of the molecule is CCc1cccc2c3c([nH]c12)CCC(NCC(=O)N1CCC[C@H]1C#N)C3. The number of likely N-dealkylation sites (tertiary alicyclic amines) is 1. The van der Waals surface area contributed by atoms with E-state index in [-0.39, 0.29) is 11.9 Å². The Labute approximate surface area is 154 Å². The molecule has 1 aliphatic heterocycles. The van der Waals surface area contributed by atoms with Gasteiger partial charge in [-0.2, -0.15) is 5.26 Å². The largest absolute Gasteiger partial charge is 0.358 e. The first-order chi connectivity index (χ1) is 12.7. The third-order valence-electron chi connectivity index (χ3n) is 5.95. The molecular formula is C21H26N4O. The smallest absolute Gasteiger partial charge is 0.237 e. The number of nitrogens with one attached hydrogen (secondary N) is 2. The summed E-state index contributed by atoms with van der Waals surface area (Å²) < 4.78 is 0. The number of aryl methyl sites for hydroxylation is 2. The van der Waals surface area contributed by atoms with Crippen LogP contribution in [-0.2, 0) is 24.1 Å². The standard InChI is InChI=1S/C21H26N4O/c1-2-14-5-3-7-17-18-11-15(8-9-19(18)24-21(14)17)23-13-20(26)25-10-4-6-16(25)12-22/h3,5,7,15-16,23-24H,2,4,6,8-11,13H2,1H3/t15?,16-/m0/s1. The minimum absolute atomic E-state index is 0.0621. The summed E-state index contributed by atoms with van der Waals surface area (Å²) in [6, 6.07) is 8.88. The molecule has 1 aromatic heterocycles. The number of aromatic nitrogens is 1. The molecule has 136 valence electrons. The van der Waals surface area contributed by atoms with Crippen molar-refractivity contribution in [3.63, 3.8) is 0 Å². The third kappa shape index (κ3) is 2.99. The summed E-state index contributed by atoms with van der Waals surface area (Å²) in [5.41, 5.74) is 5.41. The maximum atomic E-state index is 12.5. The van der Waals surface area contributed by atoms with Gasteiger partial charge >= 0.3 is 0 Å². The highest BCUT2D eigenvalue weighted by atomic mass is 16.2. The van der Waals surface area contributed by atoms with Gasteiger partial charge < -0.3 is 15.2 Å². The van der Waals surface area contributed by atoms with Gasteiger partial charge in [-0.25, -0.2) is 0 Å². The lowest BCUT2D eigenvalue weighted by molar-refractivity contribution is -0.130. The molecule has 2 atom stereocenters. The van der Waals surface area contributed by atoms with E-state index in [0.717, 1.165) is 45.1 Å². The zero-order chi connectivity index (χ0) is 18.1. The fraction of sp³-hybridized carbons (Fsp3) is 0.524. The lowest BCUT2D eigenvalue weighted by Gasteiger charge is -2.25. The Morgan fingerprint density at radius 1 is 1.42 bits per heavy atom. The Hall–Kier alpha value is -2.32. The fourth-order valence-electron chi connectivity index (χ4n) is 4.50. The molecule has 1 saturated heterocycles. The number of fused-ring (bicyclic) bond motifs is 3. The Morgan fingerprint density at radius 3 is 3.12 bits per heavy atom. The molecule has 1 fully saturated rings. The molecule has 0 spiro atoms. The minimum atomic E-state index is -0.233. The van der Waals surface area contributed by atoms with E-state index in [1.807, 2.05) is 0 Å². The van der Waals surface area contributed by atoms with Gasteiger partial charge in [0.05, 0.1) is 12.6 Å². The number of rotatable bonds is 4. The molecule has 2 aromatic rings. The molecule has 1 aliphatic carbocycles. The summed E-state index contributed by atoms with van der Waals surface area (Å²) in [7, 11) is 0. The number of nitriles is 1. The van der Waals surface area contributed by atoms with E-state index in [9.17, 15) is 4.79 Å². The molecule has 0 bridgehead atoms. The molecule has 4 rings (SSSR count). The number of carbonyl (C=O) groups excluding carboxylic acids is 1. The van der Waals surface area contributed by atoms with Crippen molar-refractivity contribution >= 4 is 16.8 Å². The summed E-state index contributed by atoms with van der Waals surface area (Å²) in [4.78, 5) is 17.8. The summed E-state index contributed by atoms with van der Waals surface area (Å²) >= 11 is 0. The molecular weight excluding hydrogens is 324 g/mol. The number of carbonyl (C=O) groups is 1. The molecule has 0 saturated carbocycles. The molecule has 2 heterocycles. The highest BCUT2D eigenvalue weighted by Crippen LogP contribution is 2.31. The number of amides is 1. The lowest BCUT2D eigenvalue weighted by Crippen LogP contribution is -2.44. The zero-order valence-electron chi connectivity index (χ0n) is 15.3. The number of hydrogen-bond acceptors (Lipinski definition) is 3. The Balaban J connectivity index is 1.44. The van der Waals surface area contributed by atoms with E-state index in [1.54, 1.807) is 4.90 Å². The highest BCUT2D eigenvalue weighted by Gasteiger charge is 2.29. The number of benzene rings is 1. The second-order valence-electron chi connectivity index (χ2n) is 7.47. The van der Waals surface area contributed by atoms with Gasteiger partial charge in [0.25, 0.3) is 0 Å². The second-order valence-corrected chi connectivity index (χ2v) is 7.47. The van der Waals surface area contributed by atoms with Gasteiger partial charge in [-0.15, -0.1) is 0 Å². The van der Waals surface area contributed by atoms with Crippen LogP contribution in [0.2, 0.25) is 0 Å². The van der Waals surface area contributed by atoms with Crippen molar-refractivity contribution in [2.24, 2.45) is 0 Å². The van der Waals surface area contributed by atoms with Crippen molar-refractivity contribution in [3.05, 3.63) is 35.0 Å². The van der Waals surface area contributed by atoms with Crippen LogP contribution in [0.25, 0.3) is 10.9 Å². The maximum absolute atomic E-state index is 12.5. The molecule has 1 aromatic carbocycles. The zero-order valence-corrected chi connectivity index (χ0v) is 15.3. The lowest BCUT2D eigenvalue weighted by atomic mass is 9.91. The summed E-state index contributed by atoms with van der Waals surface area (Å²) in [6.45, 7) is 3.24. The molecule has 5 nitrogen and oxygen atoms in total. The van der Waals surface area contributed by atoms with Crippen molar-refractivity contribution in [2.75, 3.05) is 13.1 Å². The monoisotopic (exact) mass is 350 g/mol. The first-order valence-electron chi connectivity index (χ1n) is 9.75. The highest BCUT2D eigenvalue weighted by molar-refractivity contribution is 5.87. The number of hydrogen-bond donors (Lipinski definition) is 2. The van der Waals surface area contributed by atoms with Crippen LogP contribution >= 0.6 is 0 Å². The minimum Gasteiger partial charge on any atom is -0.358 e. The van der Waals surface area contributed by atoms with Crippen LogP contribution in [0.1, 0.15) is 43.0 Å². The average molecular weight is 350 g/mol. The topological polar surface area (TPSA) is 71.9 Å². The van der Waals surface area contributed by atoms with Crippen LogP contribution in [-0.4, -0.2) is 41.0 Å². The van der Waals surface area contributed by atoms with Gasteiger partial charge in [-0.3, -0.25) is 4.79 Å². The number of para-hydroxylation sites is 1. The van der Waals surface area contributed by atoms with Crippen LogP contribution in [0.3, 0.4) is 0 Å². The van der Waals surface area contributed by atoms with E-state index in [2.05, 4.69) is 41.5 Å². The predicted octanol–water partition coefficient (Wildman–Crippen LogP) is 2.69. The van der Waals surface area contributed by atoms with E-state index in [1.165, 1.54) is 27.7 Å². The predicted molar refractivity (Wildman–Crippen MR) is 102 cm³/mol. The number of nitrogens with zero attached hydrogens (tertiary/aromatic N) is 2. The molecule has 5 heteroatoms. The third-order valence-corrected chi connectivity index (χ3v) is 5.95. The fourth-order valence-corrected chi connectivity index (χ4v) is 4.50. The van der Waals surface area contributed by atoms with Gasteiger partial charge in [0, 0.05) is 29.2 Å². The van der Waals surface area contributed by atoms with Gasteiger partial charge in [-0.1, -0.05) is 25.1 Å². The van der Waals surface area contributed by atoms with E-state index < -0.39 is 0 Å². The summed E-state index contributed by atoms with van der Waals surface area (Å²) in [5, 5.41) is 14.0. The normalized spacial score (nSPS) is 22.4. The van der Waals surface area contributed by atoms with Crippen molar-refractivity contribution in [2.45, 2.75) is 57.5 Å². The van der Waals surface area contributed by atoms with Crippen molar-refractivity contribution in [3.8, 4) is 6.07 Å². The van der Waals surface area contributed by atoms with E-state index in [0.29, 0.717) is 12.6 Å². The number of H-pyrrole nitrogens is 1. The Kier molecular flexibility index (Phi) is 4.69. The molecule has 1 amide bonds.